The number of ether oxygens (including phenoxy) is 1. The summed E-state index contributed by atoms with van der Waals surface area (Å²) in [5.41, 5.74) is 2.00. The van der Waals surface area contributed by atoms with Gasteiger partial charge in [-0.3, -0.25) is 4.79 Å². The molecule has 0 saturated carbocycles. The average molecular weight is 288 g/mol. The van der Waals surface area contributed by atoms with E-state index in [4.69, 9.17) is 4.74 Å². The van der Waals surface area contributed by atoms with Crippen LogP contribution in [-0.4, -0.2) is 19.6 Å². The van der Waals surface area contributed by atoms with Crippen LogP contribution in [0.5, 0.6) is 0 Å². The quantitative estimate of drug-likeness (QED) is 0.859. The second kappa shape index (κ2) is 7.40. The Hall–Kier alpha value is -2.40. The number of hydrogen-bond acceptors (Lipinski definition) is 3. The Kier molecular flexibility index (Phi) is 5.29. The van der Waals surface area contributed by atoms with Crippen LogP contribution in [0.4, 0.5) is 15.8 Å². The maximum atomic E-state index is 13.4. The van der Waals surface area contributed by atoms with Crippen LogP contribution in [0.3, 0.4) is 0 Å². The number of amides is 1. The average Bonchev–Trinajstić information content (AvgIpc) is 2.48. The molecule has 0 radical (unpaired) electrons. The minimum absolute atomic E-state index is 0.0603. The van der Waals surface area contributed by atoms with Crippen molar-refractivity contribution in [2.75, 3.05) is 24.3 Å². The summed E-state index contributed by atoms with van der Waals surface area (Å²) >= 11 is 0. The Morgan fingerprint density at radius 1 is 1.19 bits per heavy atom. The molecule has 5 heteroatoms. The lowest BCUT2D eigenvalue weighted by Gasteiger charge is -2.09. The van der Waals surface area contributed by atoms with Gasteiger partial charge in [-0.2, -0.15) is 0 Å². The summed E-state index contributed by atoms with van der Waals surface area (Å²) < 4.78 is 18.5. The SMILES string of the molecule is COCc1cccc(NCC(=O)Nc2ccccc2F)c1. The summed E-state index contributed by atoms with van der Waals surface area (Å²) in [4.78, 5) is 11.8. The molecule has 0 heterocycles. The lowest BCUT2D eigenvalue weighted by Crippen LogP contribution is -2.22. The van der Waals surface area contributed by atoms with Crippen LogP contribution in [0.25, 0.3) is 0 Å². The molecule has 2 aromatic carbocycles. The van der Waals surface area contributed by atoms with Gasteiger partial charge >= 0.3 is 0 Å². The molecule has 1 amide bonds. The van der Waals surface area contributed by atoms with Crippen molar-refractivity contribution in [2.45, 2.75) is 6.61 Å². The lowest BCUT2D eigenvalue weighted by atomic mass is 10.2. The van der Waals surface area contributed by atoms with Gasteiger partial charge in [0.25, 0.3) is 0 Å². The Balaban J connectivity index is 1.89. The molecule has 0 fully saturated rings. The van der Waals surface area contributed by atoms with Gasteiger partial charge in [0.1, 0.15) is 5.82 Å². The molecule has 0 bridgehead atoms. The third kappa shape index (κ3) is 4.57. The van der Waals surface area contributed by atoms with Gasteiger partial charge in [-0.05, 0) is 29.8 Å². The largest absolute Gasteiger partial charge is 0.380 e. The summed E-state index contributed by atoms with van der Waals surface area (Å²) in [6.07, 6.45) is 0. The zero-order chi connectivity index (χ0) is 15.1. The molecule has 0 unspecified atom stereocenters. The second-order valence-corrected chi connectivity index (χ2v) is 4.51. The van der Waals surface area contributed by atoms with E-state index < -0.39 is 5.82 Å². The molecule has 0 aromatic heterocycles. The van der Waals surface area contributed by atoms with Crippen molar-refractivity contribution < 1.29 is 13.9 Å². The van der Waals surface area contributed by atoms with E-state index in [0.29, 0.717) is 6.61 Å². The van der Waals surface area contributed by atoms with Gasteiger partial charge in [0.15, 0.2) is 0 Å². The zero-order valence-corrected chi connectivity index (χ0v) is 11.7. The number of carbonyl (C=O) groups excluding carboxylic acids is 1. The number of benzene rings is 2. The molecular weight excluding hydrogens is 271 g/mol. The molecule has 0 aliphatic carbocycles. The van der Waals surface area contributed by atoms with Crippen molar-refractivity contribution in [2.24, 2.45) is 0 Å². The fourth-order valence-electron chi connectivity index (χ4n) is 1.88. The van der Waals surface area contributed by atoms with Crippen LogP contribution < -0.4 is 10.6 Å². The molecule has 110 valence electrons. The summed E-state index contributed by atoms with van der Waals surface area (Å²) in [5.74, 6) is -0.759. The number of anilines is 2. The number of para-hydroxylation sites is 1. The molecule has 0 spiro atoms. The predicted molar refractivity (Wildman–Crippen MR) is 80.7 cm³/mol. The molecule has 0 atom stereocenters. The van der Waals surface area contributed by atoms with Gasteiger partial charge in [0, 0.05) is 12.8 Å². The molecule has 2 aromatic rings. The molecule has 0 aliphatic heterocycles. The van der Waals surface area contributed by atoms with E-state index in [1.165, 1.54) is 12.1 Å². The van der Waals surface area contributed by atoms with Crippen LogP contribution in [0.15, 0.2) is 48.5 Å². The molecule has 2 rings (SSSR count). The zero-order valence-electron chi connectivity index (χ0n) is 11.7. The standard InChI is InChI=1S/C16H17FN2O2/c1-21-11-12-5-4-6-13(9-12)18-10-16(20)19-15-8-3-2-7-14(15)17/h2-9,18H,10-11H2,1H3,(H,19,20). The van der Waals surface area contributed by atoms with E-state index in [9.17, 15) is 9.18 Å². The number of carbonyl (C=O) groups is 1. The highest BCUT2D eigenvalue weighted by Gasteiger charge is 2.06. The second-order valence-electron chi connectivity index (χ2n) is 4.51. The van der Waals surface area contributed by atoms with Gasteiger partial charge in [-0.25, -0.2) is 4.39 Å². The van der Waals surface area contributed by atoms with Crippen LogP contribution in [0.2, 0.25) is 0 Å². The highest BCUT2D eigenvalue weighted by atomic mass is 19.1. The lowest BCUT2D eigenvalue weighted by molar-refractivity contribution is -0.114. The normalized spacial score (nSPS) is 10.2. The van der Waals surface area contributed by atoms with E-state index in [2.05, 4.69) is 10.6 Å². The van der Waals surface area contributed by atoms with E-state index >= 15 is 0 Å². The van der Waals surface area contributed by atoms with Crippen LogP contribution in [0.1, 0.15) is 5.56 Å². The van der Waals surface area contributed by atoms with E-state index in [1.807, 2.05) is 24.3 Å². The predicted octanol–water partition coefficient (Wildman–Crippen LogP) is 3.02. The Labute approximate surface area is 122 Å². The topological polar surface area (TPSA) is 50.4 Å². The molecule has 2 N–H and O–H groups in total. The van der Waals surface area contributed by atoms with Gasteiger partial charge in [0.2, 0.25) is 5.91 Å². The van der Waals surface area contributed by atoms with Gasteiger partial charge < -0.3 is 15.4 Å². The highest BCUT2D eigenvalue weighted by Crippen LogP contribution is 2.13. The molecule has 21 heavy (non-hydrogen) atoms. The van der Waals surface area contributed by atoms with Crippen molar-refractivity contribution in [1.29, 1.82) is 0 Å². The first-order chi connectivity index (χ1) is 10.2. The monoisotopic (exact) mass is 288 g/mol. The van der Waals surface area contributed by atoms with Crippen molar-refractivity contribution in [3.63, 3.8) is 0 Å². The minimum atomic E-state index is -0.451. The van der Waals surface area contributed by atoms with Crippen LogP contribution in [0, 0.1) is 5.82 Å². The number of halogens is 1. The first-order valence-corrected chi connectivity index (χ1v) is 6.55. The maximum Gasteiger partial charge on any atom is 0.243 e. The fourth-order valence-corrected chi connectivity index (χ4v) is 1.88. The summed E-state index contributed by atoms with van der Waals surface area (Å²) in [5, 5.41) is 5.51. The van der Waals surface area contributed by atoms with Crippen molar-refractivity contribution in [3.05, 3.63) is 59.9 Å². The van der Waals surface area contributed by atoms with Gasteiger partial charge in [-0.15, -0.1) is 0 Å². The Bertz CT molecular complexity index is 617. The minimum Gasteiger partial charge on any atom is -0.380 e. The maximum absolute atomic E-state index is 13.4. The number of methoxy groups -OCH3 is 1. The number of nitrogens with one attached hydrogen (secondary N) is 2. The van der Waals surface area contributed by atoms with Crippen LogP contribution >= 0.6 is 0 Å². The van der Waals surface area contributed by atoms with E-state index in [0.717, 1.165) is 11.3 Å². The number of hydrogen-bond donors (Lipinski definition) is 2. The Morgan fingerprint density at radius 2 is 2.00 bits per heavy atom. The molecule has 0 saturated heterocycles. The fraction of sp³-hybridized carbons (Fsp3) is 0.188. The van der Waals surface area contributed by atoms with Gasteiger partial charge in [-0.1, -0.05) is 24.3 Å². The van der Waals surface area contributed by atoms with E-state index in [1.54, 1.807) is 19.2 Å². The third-order valence-electron chi connectivity index (χ3n) is 2.84. The van der Waals surface area contributed by atoms with Crippen molar-refractivity contribution >= 4 is 17.3 Å². The first-order valence-electron chi connectivity index (χ1n) is 6.55. The van der Waals surface area contributed by atoms with Gasteiger partial charge in [0.05, 0.1) is 18.8 Å². The molecule has 0 aliphatic rings. The van der Waals surface area contributed by atoms with E-state index in [-0.39, 0.29) is 18.1 Å². The van der Waals surface area contributed by atoms with Crippen molar-refractivity contribution in [1.82, 2.24) is 0 Å². The highest BCUT2D eigenvalue weighted by molar-refractivity contribution is 5.93. The summed E-state index contributed by atoms with van der Waals surface area (Å²) in [6.45, 7) is 0.571. The smallest absolute Gasteiger partial charge is 0.243 e. The number of rotatable bonds is 6. The summed E-state index contributed by atoms with van der Waals surface area (Å²) in [7, 11) is 1.63. The Morgan fingerprint density at radius 3 is 2.76 bits per heavy atom. The molecular formula is C16H17FN2O2. The first kappa shape index (κ1) is 15.0. The van der Waals surface area contributed by atoms with Crippen LogP contribution in [-0.2, 0) is 16.1 Å². The molecule has 4 nitrogen and oxygen atoms in total. The summed E-state index contributed by atoms with van der Waals surface area (Å²) in [6, 6.07) is 13.6. The third-order valence-corrected chi connectivity index (χ3v) is 2.84. The van der Waals surface area contributed by atoms with Crippen molar-refractivity contribution in [3.8, 4) is 0 Å².